The van der Waals surface area contributed by atoms with E-state index in [1.165, 1.54) is 24.9 Å². The standard InChI is InChI=1S/C20H23BrN2O2/c1-15-4-2-3-13-23(15)18-9-7-17(8-10-18)22-20(24)14-25-19-11-5-16(21)6-12-19/h5-12,15H,2-4,13-14H2,1H3,(H,22,24)/t15-/m1/s1. The van der Waals surface area contributed by atoms with E-state index < -0.39 is 0 Å². The van der Waals surface area contributed by atoms with Crippen molar-refractivity contribution in [2.24, 2.45) is 0 Å². The molecular formula is C20H23BrN2O2. The second-order valence-electron chi connectivity index (χ2n) is 6.38. The monoisotopic (exact) mass is 402 g/mol. The summed E-state index contributed by atoms with van der Waals surface area (Å²) < 4.78 is 6.47. The fraction of sp³-hybridized carbons (Fsp3) is 0.350. The van der Waals surface area contributed by atoms with Gasteiger partial charge >= 0.3 is 0 Å². The molecule has 0 bridgehead atoms. The molecule has 1 heterocycles. The molecule has 4 nitrogen and oxygen atoms in total. The van der Waals surface area contributed by atoms with Crippen LogP contribution < -0.4 is 15.0 Å². The van der Waals surface area contributed by atoms with Gasteiger partial charge in [0, 0.05) is 28.4 Å². The summed E-state index contributed by atoms with van der Waals surface area (Å²) in [6, 6.07) is 16.1. The summed E-state index contributed by atoms with van der Waals surface area (Å²) >= 11 is 3.37. The summed E-state index contributed by atoms with van der Waals surface area (Å²) in [4.78, 5) is 14.5. The Kier molecular flexibility index (Phi) is 5.97. The minimum absolute atomic E-state index is 0.00740. The van der Waals surface area contributed by atoms with Crippen molar-refractivity contribution < 1.29 is 9.53 Å². The van der Waals surface area contributed by atoms with Crippen LogP contribution >= 0.6 is 15.9 Å². The van der Waals surface area contributed by atoms with Gasteiger partial charge in [0.05, 0.1) is 0 Å². The molecule has 0 spiro atoms. The number of hydrogen-bond acceptors (Lipinski definition) is 3. The second-order valence-corrected chi connectivity index (χ2v) is 7.29. The van der Waals surface area contributed by atoms with Gasteiger partial charge in [0.2, 0.25) is 0 Å². The van der Waals surface area contributed by atoms with Gasteiger partial charge < -0.3 is 15.0 Å². The Labute approximate surface area is 157 Å². The first-order valence-corrected chi connectivity index (χ1v) is 9.46. The number of nitrogens with one attached hydrogen (secondary N) is 1. The lowest BCUT2D eigenvalue weighted by Crippen LogP contribution is -2.37. The van der Waals surface area contributed by atoms with Crippen LogP contribution in [0.2, 0.25) is 0 Å². The molecule has 25 heavy (non-hydrogen) atoms. The van der Waals surface area contributed by atoms with Crippen LogP contribution in [0.1, 0.15) is 26.2 Å². The Morgan fingerprint density at radius 1 is 1.16 bits per heavy atom. The molecule has 1 saturated heterocycles. The first-order chi connectivity index (χ1) is 12.1. The first-order valence-electron chi connectivity index (χ1n) is 8.67. The molecule has 2 aromatic rings. The van der Waals surface area contributed by atoms with Gasteiger partial charge in [-0.1, -0.05) is 15.9 Å². The van der Waals surface area contributed by atoms with E-state index in [0.717, 1.165) is 16.7 Å². The fourth-order valence-corrected chi connectivity index (χ4v) is 3.36. The highest BCUT2D eigenvalue weighted by Crippen LogP contribution is 2.25. The topological polar surface area (TPSA) is 41.6 Å². The fourth-order valence-electron chi connectivity index (χ4n) is 3.09. The Morgan fingerprint density at radius 3 is 2.56 bits per heavy atom. The maximum absolute atomic E-state index is 12.0. The quantitative estimate of drug-likeness (QED) is 0.777. The van der Waals surface area contributed by atoms with Gasteiger partial charge in [0.1, 0.15) is 5.75 Å². The number of rotatable bonds is 5. The highest BCUT2D eigenvalue weighted by molar-refractivity contribution is 9.10. The third-order valence-electron chi connectivity index (χ3n) is 4.47. The van der Waals surface area contributed by atoms with Crippen molar-refractivity contribution >= 4 is 33.2 Å². The van der Waals surface area contributed by atoms with Crippen LogP contribution in [-0.4, -0.2) is 25.1 Å². The van der Waals surface area contributed by atoms with Crippen LogP contribution in [-0.2, 0) is 4.79 Å². The van der Waals surface area contributed by atoms with Crippen molar-refractivity contribution in [3.8, 4) is 5.75 Å². The van der Waals surface area contributed by atoms with Crippen molar-refractivity contribution in [1.29, 1.82) is 0 Å². The van der Waals surface area contributed by atoms with E-state index in [-0.39, 0.29) is 12.5 Å². The molecule has 132 valence electrons. The summed E-state index contributed by atoms with van der Waals surface area (Å²) in [6.07, 6.45) is 3.80. The summed E-state index contributed by atoms with van der Waals surface area (Å²) in [5.74, 6) is 0.509. The zero-order valence-electron chi connectivity index (χ0n) is 14.4. The molecule has 0 aromatic heterocycles. The number of hydrogen-bond donors (Lipinski definition) is 1. The number of nitrogens with zero attached hydrogens (tertiary/aromatic N) is 1. The predicted molar refractivity (Wildman–Crippen MR) is 105 cm³/mol. The number of halogens is 1. The average Bonchev–Trinajstić information content (AvgIpc) is 2.62. The van der Waals surface area contributed by atoms with Crippen LogP contribution in [0.3, 0.4) is 0 Å². The van der Waals surface area contributed by atoms with E-state index in [1.54, 1.807) is 0 Å². The van der Waals surface area contributed by atoms with E-state index in [1.807, 2.05) is 36.4 Å². The Balaban J connectivity index is 1.52. The summed E-state index contributed by atoms with van der Waals surface area (Å²) in [5, 5.41) is 2.87. The van der Waals surface area contributed by atoms with Crippen molar-refractivity contribution in [2.75, 3.05) is 23.4 Å². The molecule has 1 atom stereocenters. The zero-order chi connectivity index (χ0) is 17.6. The second kappa shape index (κ2) is 8.39. The van der Waals surface area contributed by atoms with Crippen LogP contribution in [0, 0.1) is 0 Å². The smallest absolute Gasteiger partial charge is 0.262 e. The first kappa shape index (κ1) is 17.8. The predicted octanol–water partition coefficient (Wildman–Crippen LogP) is 4.85. The van der Waals surface area contributed by atoms with Crippen LogP contribution in [0.15, 0.2) is 53.0 Å². The molecule has 1 aliphatic rings. The molecule has 1 amide bonds. The number of ether oxygens (including phenoxy) is 1. The van der Waals surface area contributed by atoms with Crippen LogP contribution in [0.4, 0.5) is 11.4 Å². The molecule has 3 rings (SSSR count). The van der Waals surface area contributed by atoms with E-state index in [0.29, 0.717) is 11.8 Å². The largest absolute Gasteiger partial charge is 0.484 e. The number of piperidine rings is 1. The lowest BCUT2D eigenvalue weighted by atomic mass is 10.0. The van der Waals surface area contributed by atoms with E-state index in [2.05, 4.69) is 45.2 Å². The molecular weight excluding hydrogens is 380 g/mol. The Bertz CT molecular complexity index is 701. The zero-order valence-corrected chi connectivity index (χ0v) is 16.0. The van der Waals surface area contributed by atoms with E-state index in [4.69, 9.17) is 4.74 Å². The number of anilines is 2. The lowest BCUT2D eigenvalue weighted by Gasteiger charge is -2.35. The summed E-state index contributed by atoms with van der Waals surface area (Å²) in [6.45, 7) is 3.37. The SMILES string of the molecule is C[C@@H]1CCCCN1c1ccc(NC(=O)COc2ccc(Br)cc2)cc1. The van der Waals surface area contributed by atoms with Crippen molar-refractivity contribution in [3.05, 3.63) is 53.0 Å². The van der Waals surface area contributed by atoms with Crippen molar-refractivity contribution in [2.45, 2.75) is 32.2 Å². The number of carbonyl (C=O) groups excluding carboxylic acids is 1. The molecule has 2 aromatic carbocycles. The van der Waals surface area contributed by atoms with Gasteiger partial charge in [0.25, 0.3) is 5.91 Å². The van der Waals surface area contributed by atoms with Gasteiger partial charge in [-0.3, -0.25) is 4.79 Å². The molecule has 0 saturated carbocycles. The summed E-state index contributed by atoms with van der Waals surface area (Å²) in [5.41, 5.74) is 2.01. The average molecular weight is 403 g/mol. The van der Waals surface area contributed by atoms with Crippen LogP contribution in [0.5, 0.6) is 5.75 Å². The van der Waals surface area contributed by atoms with Gasteiger partial charge in [-0.25, -0.2) is 0 Å². The Morgan fingerprint density at radius 2 is 1.88 bits per heavy atom. The molecule has 0 aliphatic carbocycles. The van der Waals surface area contributed by atoms with Gasteiger partial charge in [-0.05, 0) is 74.7 Å². The van der Waals surface area contributed by atoms with E-state index >= 15 is 0 Å². The minimum atomic E-state index is -0.165. The van der Waals surface area contributed by atoms with Gasteiger partial charge in [0.15, 0.2) is 6.61 Å². The third kappa shape index (κ3) is 4.98. The number of carbonyl (C=O) groups is 1. The highest BCUT2D eigenvalue weighted by Gasteiger charge is 2.18. The molecule has 0 unspecified atom stereocenters. The lowest BCUT2D eigenvalue weighted by molar-refractivity contribution is -0.118. The van der Waals surface area contributed by atoms with Crippen molar-refractivity contribution in [1.82, 2.24) is 0 Å². The maximum atomic E-state index is 12.0. The highest BCUT2D eigenvalue weighted by atomic mass is 79.9. The van der Waals surface area contributed by atoms with Crippen LogP contribution in [0.25, 0.3) is 0 Å². The molecule has 1 aliphatic heterocycles. The molecule has 0 radical (unpaired) electrons. The molecule has 1 N–H and O–H groups in total. The number of benzene rings is 2. The minimum Gasteiger partial charge on any atom is -0.484 e. The molecule has 5 heteroatoms. The van der Waals surface area contributed by atoms with E-state index in [9.17, 15) is 4.79 Å². The number of amides is 1. The van der Waals surface area contributed by atoms with Gasteiger partial charge in [-0.15, -0.1) is 0 Å². The van der Waals surface area contributed by atoms with Gasteiger partial charge in [-0.2, -0.15) is 0 Å². The summed E-state index contributed by atoms with van der Waals surface area (Å²) in [7, 11) is 0. The van der Waals surface area contributed by atoms with Crippen molar-refractivity contribution in [3.63, 3.8) is 0 Å². The Hall–Kier alpha value is -2.01. The maximum Gasteiger partial charge on any atom is 0.262 e. The third-order valence-corrected chi connectivity index (χ3v) is 5.00. The molecule has 1 fully saturated rings. The normalized spacial score (nSPS) is 17.2.